The Hall–Kier alpha value is -3.06. The lowest BCUT2D eigenvalue weighted by molar-refractivity contribution is 0.313. The third-order valence-electron chi connectivity index (χ3n) is 5.32. The van der Waals surface area contributed by atoms with Gasteiger partial charge in [0.1, 0.15) is 0 Å². The van der Waals surface area contributed by atoms with Crippen LogP contribution in [0.15, 0.2) is 42.9 Å². The first-order valence-corrected chi connectivity index (χ1v) is 9.42. The Bertz CT molecular complexity index is 1180. The van der Waals surface area contributed by atoms with Crippen molar-refractivity contribution in [3.63, 3.8) is 0 Å². The van der Waals surface area contributed by atoms with Crippen LogP contribution in [0.25, 0.3) is 27.9 Å². The largest absolute Gasteiger partial charge is 0.369 e. The molecular weight excluding hydrogens is 355 g/mol. The fourth-order valence-corrected chi connectivity index (χ4v) is 3.72. The van der Waals surface area contributed by atoms with E-state index in [0.717, 1.165) is 42.8 Å². The van der Waals surface area contributed by atoms with E-state index in [4.69, 9.17) is 0 Å². The highest BCUT2D eigenvalue weighted by Gasteiger charge is 2.15. The molecule has 1 fully saturated rings. The molecule has 3 aromatic heterocycles. The fourth-order valence-electron chi connectivity index (χ4n) is 3.72. The van der Waals surface area contributed by atoms with Crippen LogP contribution >= 0.6 is 0 Å². The molecule has 0 amide bonds. The molecule has 0 aliphatic carbocycles. The second kappa shape index (κ2) is 6.53. The second-order valence-corrected chi connectivity index (χ2v) is 7.42. The Labute approximate surface area is 162 Å². The number of anilines is 1. The summed E-state index contributed by atoms with van der Waals surface area (Å²) in [5.74, 6) is 0.131. The summed E-state index contributed by atoms with van der Waals surface area (Å²) in [5.41, 5.74) is 3.77. The van der Waals surface area contributed by atoms with Crippen LogP contribution in [0.3, 0.4) is 0 Å². The second-order valence-electron chi connectivity index (χ2n) is 7.42. The normalized spacial score (nSPS) is 15.6. The van der Waals surface area contributed by atoms with Gasteiger partial charge in [0.25, 0.3) is 0 Å². The first-order valence-electron chi connectivity index (χ1n) is 9.42. The zero-order valence-electron chi connectivity index (χ0n) is 15.9. The van der Waals surface area contributed by atoms with Crippen molar-refractivity contribution in [2.75, 3.05) is 38.1 Å². The van der Waals surface area contributed by atoms with Gasteiger partial charge in [-0.3, -0.25) is 0 Å². The number of aryl methyl sites for hydroxylation is 1. The number of rotatable bonds is 2. The summed E-state index contributed by atoms with van der Waals surface area (Å²) in [6.07, 6.45) is 5.43. The summed E-state index contributed by atoms with van der Waals surface area (Å²) < 4.78 is 16.1. The number of aromatic nitrogens is 4. The number of hydrogen-bond acceptors (Lipinski definition) is 5. The smallest absolute Gasteiger partial charge is 0.173 e. The number of piperazine rings is 1. The van der Waals surface area contributed by atoms with E-state index in [0.29, 0.717) is 17.0 Å². The van der Waals surface area contributed by atoms with E-state index < -0.39 is 0 Å². The maximum absolute atomic E-state index is 14.4. The molecular formula is C21H21FN6. The number of likely N-dealkylation sites (N-methyl/N-ethyl adjacent to an activating group) is 1. The fraction of sp³-hybridized carbons (Fsp3) is 0.286. The van der Waals surface area contributed by atoms with Gasteiger partial charge in [-0.05, 0) is 38.2 Å². The first-order chi connectivity index (χ1) is 13.6. The molecule has 1 aromatic carbocycles. The molecule has 4 heterocycles. The van der Waals surface area contributed by atoms with E-state index in [1.165, 1.54) is 11.8 Å². The van der Waals surface area contributed by atoms with Gasteiger partial charge in [0.15, 0.2) is 17.3 Å². The summed E-state index contributed by atoms with van der Waals surface area (Å²) in [6, 6.07) is 7.70. The van der Waals surface area contributed by atoms with E-state index in [1.54, 1.807) is 10.6 Å². The Morgan fingerprint density at radius 3 is 2.64 bits per heavy atom. The van der Waals surface area contributed by atoms with Gasteiger partial charge in [-0.15, -0.1) is 0 Å². The highest BCUT2D eigenvalue weighted by molar-refractivity contribution is 5.83. The minimum atomic E-state index is -0.375. The van der Waals surface area contributed by atoms with E-state index in [-0.39, 0.29) is 5.82 Å². The van der Waals surface area contributed by atoms with Gasteiger partial charge in [-0.25, -0.2) is 19.3 Å². The van der Waals surface area contributed by atoms with Crippen molar-refractivity contribution < 1.29 is 4.39 Å². The third kappa shape index (κ3) is 2.97. The average molecular weight is 376 g/mol. The van der Waals surface area contributed by atoms with Crippen LogP contribution in [0.1, 0.15) is 5.69 Å². The number of imidazole rings is 1. The predicted octanol–water partition coefficient (Wildman–Crippen LogP) is 3.14. The zero-order chi connectivity index (χ0) is 19.3. The quantitative estimate of drug-likeness (QED) is 0.538. The molecule has 0 saturated carbocycles. The number of hydrogen-bond donors (Lipinski definition) is 0. The number of benzene rings is 1. The first kappa shape index (κ1) is 17.1. The Balaban J connectivity index is 1.51. The minimum absolute atomic E-state index is 0.318. The summed E-state index contributed by atoms with van der Waals surface area (Å²) in [6.45, 7) is 6.01. The van der Waals surface area contributed by atoms with Crippen molar-refractivity contribution >= 4 is 22.2 Å². The lowest BCUT2D eigenvalue weighted by atomic mass is 10.2. The van der Waals surface area contributed by atoms with Gasteiger partial charge < -0.3 is 14.2 Å². The van der Waals surface area contributed by atoms with Gasteiger partial charge >= 0.3 is 0 Å². The number of halogens is 1. The van der Waals surface area contributed by atoms with Crippen molar-refractivity contribution in [1.29, 1.82) is 0 Å². The molecule has 0 unspecified atom stereocenters. The highest BCUT2D eigenvalue weighted by atomic mass is 19.1. The minimum Gasteiger partial charge on any atom is -0.369 e. The summed E-state index contributed by atoms with van der Waals surface area (Å²) in [5, 5.41) is 0.986. The van der Waals surface area contributed by atoms with Crippen molar-refractivity contribution in [2.45, 2.75) is 6.92 Å². The Kier molecular flexibility index (Phi) is 3.98. The molecule has 0 radical (unpaired) electrons. The van der Waals surface area contributed by atoms with Gasteiger partial charge in [-0.2, -0.15) is 0 Å². The summed E-state index contributed by atoms with van der Waals surface area (Å²) in [4.78, 5) is 18.1. The molecule has 5 rings (SSSR count). The SMILES string of the molecule is Cc1cn2cc(-c3ncc4cc(N5CCN(C)CC5)ccc4n3)cc(F)c2n1. The van der Waals surface area contributed by atoms with Crippen LogP contribution < -0.4 is 4.90 Å². The van der Waals surface area contributed by atoms with Crippen molar-refractivity contribution in [2.24, 2.45) is 0 Å². The average Bonchev–Trinajstić information content (AvgIpc) is 3.08. The third-order valence-corrected chi connectivity index (χ3v) is 5.32. The maximum Gasteiger partial charge on any atom is 0.173 e. The Morgan fingerprint density at radius 1 is 1.00 bits per heavy atom. The number of nitrogens with zero attached hydrogens (tertiary/aromatic N) is 6. The van der Waals surface area contributed by atoms with E-state index >= 15 is 0 Å². The molecule has 6 nitrogen and oxygen atoms in total. The lowest BCUT2D eigenvalue weighted by Gasteiger charge is -2.34. The summed E-state index contributed by atoms with van der Waals surface area (Å²) in [7, 11) is 2.15. The zero-order valence-corrected chi connectivity index (χ0v) is 15.9. The summed E-state index contributed by atoms with van der Waals surface area (Å²) >= 11 is 0. The number of pyridine rings is 1. The predicted molar refractivity (Wildman–Crippen MR) is 108 cm³/mol. The molecule has 0 spiro atoms. The molecule has 4 aromatic rings. The van der Waals surface area contributed by atoms with Crippen molar-refractivity contribution in [3.05, 3.63) is 54.4 Å². The highest BCUT2D eigenvalue weighted by Crippen LogP contribution is 2.25. The number of fused-ring (bicyclic) bond motifs is 2. The van der Waals surface area contributed by atoms with Crippen LogP contribution in [0.5, 0.6) is 0 Å². The molecule has 142 valence electrons. The molecule has 1 aliphatic heterocycles. The molecule has 0 atom stereocenters. The van der Waals surface area contributed by atoms with E-state index in [1.807, 2.05) is 25.4 Å². The monoisotopic (exact) mass is 376 g/mol. The molecule has 7 heteroatoms. The van der Waals surface area contributed by atoms with Crippen LogP contribution in [-0.4, -0.2) is 57.5 Å². The maximum atomic E-state index is 14.4. The van der Waals surface area contributed by atoms with Gasteiger partial charge in [0.2, 0.25) is 0 Å². The van der Waals surface area contributed by atoms with Gasteiger partial charge in [0, 0.05) is 61.4 Å². The molecule has 28 heavy (non-hydrogen) atoms. The molecule has 0 bridgehead atoms. The standard InChI is InChI=1S/C21H21FN6/c1-14-12-28-13-16(10-18(22)21(28)24-14)20-23-11-15-9-17(3-4-19(15)25-20)27-7-5-26(2)6-8-27/h3-4,9-13H,5-8H2,1-2H3. The van der Waals surface area contributed by atoms with Crippen LogP contribution in [0.2, 0.25) is 0 Å². The topological polar surface area (TPSA) is 49.6 Å². The molecule has 1 saturated heterocycles. The van der Waals surface area contributed by atoms with E-state index in [9.17, 15) is 4.39 Å². The van der Waals surface area contributed by atoms with E-state index in [2.05, 4.69) is 43.9 Å². The lowest BCUT2D eigenvalue weighted by Crippen LogP contribution is -2.44. The van der Waals surface area contributed by atoms with Gasteiger partial charge in [-0.1, -0.05) is 0 Å². The van der Waals surface area contributed by atoms with Crippen LogP contribution in [-0.2, 0) is 0 Å². The van der Waals surface area contributed by atoms with Crippen molar-refractivity contribution in [3.8, 4) is 11.4 Å². The van der Waals surface area contributed by atoms with Gasteiger partial charge in [0.05, 0.1) is 11.2 Å². The molecule has 1 aliphatic rings. The van der Waals surface area contributed by atoms with Crippen LogP contribution in [0.4, 0.5) is 10.1 Å². The Morgan fingerprint density at radius 2 is 1.82 bits per heavy atom. The van der Waals surface area contributed by atoms with Crippen LogP contribution in [0, 0.1) is 12.7 Å². The van der Waals surface area contributed by atoms with Crippen molar-refractivity contribution in [1.82, 2.24) is 24.3 Å². The molecule has 0 N–H and O–H groups in total.